The zero-order chi connectivity index (χ0) is 21.7. The fourth-order valence-electron chi connectivity index (χ4n) is 4.04. The molecule has 1 saturated heterocycles. The normalized spacial score (nSPS) is 18.5. The van der Waals surface area contributed by atoms with E-state index in [4.69, 9.17) is 4.74 Å². The first kappa shape index (κ1) is 21.9. The van der Waals surface area contributed by atoms with E-state index in [1.165, 1.54) is 0 Å². The molecule has 0 aliphatic carbocycles. The van der Waals surface area contributed by atoms with Crippen molar-refractivity contribution in [2.75, 3.05) is 26.7 Å². The Morgan fingerprint density at radius 2 is 1.90 bits per heavy atom. The van der Waals surface area contributed by atoms with Crippen molar-refractivity contribution in [3.63, 3.8) is 0 Å². The molecule has 2 unspecified atom stereocenters. The first-order chi connectivity index (χ1) is 14.4. The van der Waals surface area contributed by atoms with Crippen molar-refractivity contribution in [2.24, 2.45) is 11.8 Å². The first-order valence-corrected chi connectivity index (χ1v) is 10.7. The third-order valence-electron chi connectivity index (χ3n) is 5.86. The average Bonchev–Trinajstić information content (AvgIpc) is 3.19. The number of benzene rings is 2. The lowest BCUT2D eigenvalue weighted by molar-refractivity contribution is -0.124. The molecule has 30 heavy (non-hydrogen) atoms. The summed E-state index contributed by atoms with van der Waals surface area (Å²) in [5.41, 5.74) is 2.67. The number of carbonyl (C=O) groups is 2. The number of amides is 2. The summed E-state index contributed by atoms with van der Waals surface area (Å²) in [6.45, 7) is 7.82. The summed E-state index contributed by atoms with van der Waals surface area (Å²) >= 11 is 0. The lowest BCUT2D eigenvalue weighted by Gasteiger charge is -2.19. The second-order valence-electron chi connectivity index (χ2n) is 8.49. The van der Waals surface area contributed by atoms with Crippen molar-refractivity contribution in [1.82, 2.24) is 10.2 Å². The van der Waals surface area contributed by atoms with Gasteiger partial charge in [-0.3, -0.25) is 9.59 Å². The molecule has 160 valence electrons. The van der Waals surface area contributed by atoms with E-state index in [0.29, 0.717) is 31.1 Å². The summed E-state index contributed by atoms with van der Waals surface area (Å²) in [6, 6.07) is 15.4. The highest BCUT2D eigenvalue weighted by atomic mass is 16.5. The van der Waals surface area contributed by atoms with Gasteiger partial charge in [-0.25, -0.2) is 0 Å². The van der Waals surface area contributed by atoms with Gasteiger partial charge in [0, 0.05) is 31.1 Å². The van der Waals surface area contributed by atoms with Gasteiger partial charge in [0.25, 0.3) is 5.91 Å². The molecule has 0 saturated carbocycles. The summed E-state index contributed by atoms with van der Waals surface area (Å²) in [5, 5.41) is 3.09. The van der Waals surface area contributed by atoms with Crippen LogP contribution in [-0.4, -0.2) is 43.5 Å². The molecule has 2 atom stereocenters. The zero-order valence-electron chi connectivity index (χ0n) is 18.4. The van der Waals surface area contributed by atoms with Crippen molar-refractivity contribution in [2.45, 2.75) is 33.1 Å². The lowest BCUT2D eigenvalue weighted by Crippen LogP contribution is -2.36. The van der Waals surface area contributed by atoms with Gasteiger partial charge in [0.15, 0.2) is 0 Å². The minimum Gasteiger partial charge on any atom is -0.497 e. The molecule has 2 aromatic rings. The Kier molecular flexibility index (Phi) is 7.14. The molecule has 1 fully saturated rings. The van der Waals surface area contributed by atoms with Gasteiger partial charge in [0.05, 0.1) is 13.0 Å². The van der Waals surface area contributed by atoms with Crippen LogP contribution in [-0.2, 0) is 4.79 Å². The summed E-state index contributed by atoms with van der Waals surface area (Å²) in [5.74, 6) is 0.948. The van der Waals surface area contributed by atoms with Crippen molar-refractivity contribution in [3.8, 4) is 5.75 Å². The second-order valence-corrected chi connectivity index (χ2v) is 8.49. The fourth-order valence-corrected chi connectivity index (χ4v) is 4.04. The fraction of sp³-hybridized carbons (Fsp3) is 0.440. The van der Waals surface area contributed by atoms with E-state index in [-0.39, 0.29) is 23.7 Å². The molecule has 0 bridgehead atoms. The van der Waals surface area contributed by atoms with Gasteiger partial charge < -0.3 is 15.0 Å². The van der Waals surface area contributed by atoms with Gasteiger partial charge in [-0.15, -0.1) is 0 Å². The molecule has 1 aliphatic heterocycles. The third kappa shape index (κ3) is 5.02. The Morgan fingerprint density at radius 3 is 2.60 bits per heavy atom. The largest absolute Gasteiger partial charge is 0.497 e. The predicted octanol–water partition coefficient (Wildman–Crippen LogP) is 4.02. The van der Waals surface area contributed by atoms with E-state index in [9.17, 15) is 9.59 Å². The molecule has 5 heteroatoms. The molecule has 2 amide bonds. The monoisotopic (exact) mass is 408 g/mol. The summed E-state index contributed by atoms with van der Waals surface area (Å²) in [7, 11) is 1.64. The molecule has 0 spiro atoms. The Labute approximate surface area is 179 Å². The summed E-state index contributed by atoms with van der Waals surface area (Å²) in [4.78, 5) is 28.1. The second kappa shape index (κ2) is 9.79. The number of rotatable bonds is 7. The third-order valence-corrected chi connectivity index (χ3v) is 5.86. The number of nitrogens with one attached hydrogen (secondary N) is 1. The van der Waals surface area contributed by atoms with Crippen LogP contribution in [0.4, 0.5) is 0 Å². The van der Waals surface area contributed by atoms with Crippen LogP contribution in [0.5, 0.6) is 5.75 Å². The minimum atomic E-state index is -0.280. The zero-order valence-corrected chi connectivity index (χ0v) is 18.4. The van der Waals surface area contributed by atoms with Crippen LogP contribution in [0.3, 0.4) is 0 Å². The number of methoxy groups -OCH3 is 1. The lowest BCUT2D eigenvalue weighted by atomic mass is 9.88. The van der Waals surface area contributed by atoms with Crippen molar-refractivity contribution < 1.29 is 14.3 Å². The van der Waals surface area contributed by atoms with Crippen LogP contribution in [0.15, 0.2) is 48.5 Å². The van der Waals surface area contributed by atoms with Crippen LogP contribution >= 0.6 is 0 Å². The molecule has 1 N–H and O–H groups in total. The van der Waals surface area contributed by atoms with Gasteiger partial charge in [0.2, 0.25) is 5.91 Å². The predicted molar refractivity (Wildman–Crippen MR) is 119 cm³/mol. The smallest absolute Gasteiger partial charge is 0.254 e. The molecule has 1 aliphatic rings. The van der Waals surface area contributed by atoms with E-state index in [2.05, 4.69) is 19.2 Å². The van der Waals surface area contributed by atoms with Crippen molar-refractivity contribution >= 4 is 11.8 Å². The standard InChI is InChI=1S/C25H32N2O3/c1-17(2)12-13-26-24(28)23-16-27(25(29)21-11-6-5-8-18(21)3)15-22(23)19-9-7-10-20(14-19)30-4/h5-11,14,17,22-23H,12-13,15-16H2,1-4H3,(H,26,28). The van der Waals surface area contributed by atoms with E-state index in [0.717, 1.165) is 23.3 Å². The topological polar surface area (TPSA) is 58.6 Å². The Morgan fingerprint density at radius 1 is 1.13 bits per heavy atom. The Bertz CT molecular complexity index is 893. The number of hydrogen-bond donors (Lipinski definition) is 1. The van der Waals surface area contributed by atoms with Gasteiger partial charge in [-0.2, -0.15) is 0 Å². The van der Waals surface area contributed by atoms with Crippen LogP contribution < -0.4 is 10.1 Å². The number of aryl methyl sites for hydroxylation is 1. The van der Waals surface area contributed by atoms with E-state index < -0.39 is 0 Å². The number of ether oxygens (including phenoxy) is 1. The first-order valence-electron chi connectivity index (χ1n) is 10.7. The quantitative estimate of drug-likeness (QED) is 0.753. The van der Waals surface area contributed by atoms with Crippen LogP contribution in [0.2, 0.25) is 0 Å². The summed E-state index contributed by atoms with van der Waals surface area (Å²) < 4.78 is 5.38. The Hall–Kier alpha value is -2.82. The number of likely N-dealkylation sites (tertiary alicyclic amines) is 1. The molecule has 2 aromatic carbocycles. The van der Waals surface area contributed by atoms with Gasteiger partial charge in [0.1, 0.15) is 5.75 Å². The van der Waals surface area contributed by atoms with Crippen LogP contribution in [0.25, 0.3) is 0 Å². The van der Waals surface area contributed by atoms with E-state index in [1.807, 2.05) is 60.4 Å². The van der Waals surface area contributed by atoms with Gasteiger partial charge in [-0.05, 0) is 48.6 Å². The molecular weight excluding hydrogens is 376 g/mol. The van der Waals surface area contributed by atoms with E-state index in [1.54, 1.807) is 7.11 Å². The van der Waals surface area contributed by atoms with Crippen molar-refractivity contribution in [1.29, 1.82) is 0 Å². The van der Waals surface area contributed by atoms with Crippen LogP contribution in [0.1, 0.15) is 47.7 Å². The Balaban J connectivity index is 1.84. The molecule has 0 radical (unpaired) electrons. The minimum absolute atomic E-state index is 0.0153. The molecular formula is C25H32N2O3. The van der Waals surface area contributed by atoms with Gasteiger partial charge >= 0.3 is 0 Å². The SMILES string of the molecule is COc1cccc(C2CN(C(=O)c3ccccc3C)CC2C(=O)NCCC(C)C)c1. The number of nitrogens with zero attached hydrogens (tertiary/aromatic N) is 1. The highest BCUT2D eigenvalue weighted by Crippen LogP contribution is 2.35. The number of hydrogen-bond acceptors (Lipinski definition) is 3. The average molecular weight is 409 g/mol. The molecule has 3 rings (SSSR count). The maximum atomic E-state index is 13.2. The van der Waals surface area contributed by atoms with Crippen molar-refractivity contribution in [3.05, 3.63) is 65.2 Å². The number of carbonyl (C=O) groups excluding carboxylic acids is 2. The highest BCUT2D eigenvalue weighted by molar-refractivity contribution is 5.96. The summed E-state index contributed by atoms with van der Waals surface area (Å²) in [6.07, 6.45) is 0.939. The highest BCUT2D eigenvalue weighted by Gasteiger charge is 2.40. The maximum Gasteiger partial charge on any atom is 0.254 e. The maximum absolute atomic E-state index is 13.2. The molecule has 5 nitrogen and oxygen atoms in total. The van der Waals surface area contributed by atoms with Gasteiger partial charge in [-0.1, -0.05) is 44.2 Å². The molecule has 0 aromatic heterocycles. The van der Waals surface area contributed by atoms with Crippen LogP contribution in [0, 0.1) is 18.8 Å². The van der Waals surface area contributed by atoms with E-state index >= 15 is 0 Å². The molecule has 1 heterocycles.